The zero-order chi connectivity index (χ0) is 19.5. The maximum Gasteiger partial charge on any atom is 0.336 e. The first-order valence-electron chi connectivity index (χ1n) is 8.78. The molecule has 0 atom stereocenters. The molecule has 2 rings (SSSR count). The SMILES string of the molecule is CC(C)(C)c1ccc(OC(=O)C=Cc2ccccc2Cl)c(C(C)(C)C)c1. The first kappa shape index (κ1) is 20.3. The Labute approximate surface area is 161 Å². The topological polar surface area (TPSA) is 26.3 Å². The molecule has 0 saturated heterocycles. The van der Waals surface area contributed by atoms with Gasteiger partial charge in [0.15, 0.2) is 0 Å². The second-order valence-electron chi connectivity index (χ2n) is 8.49. The molecule has 0 heterocycles. The average molecular weight is 371 g/mol. The first-order chi connectivity index (χ1) is 12.0. The summed E-state index contributed by atoms with van der Waals surface area (Å²) in [7, 11) is 0. The lowest BCUT2D eigenvalue weighted by Gasteiger charge is -2.26. The normalized spacial score (nSPS) is 12.4. The summed E-state index contributed by atoms with van der Waals surface area (Å²) in [5.41, 5.74) is 2.92. The minimum atomic E-state index is -0.418. The van der Waals surface area contributed by atoms with Crippen LogP contribution in [0.25, 0.3) is 6.08 Å². The highest BCUT2D eigenvalue weighted by molar-refractivity contribution is 6.32. The van der Waals surface area contributed by atoms with E-state index in [9.17, 15) is 4.79 Å². The van der Waals surface area contributed by atoms with Crippen LogP contribution >= 0.6 is 11.6 Å². The largest absolute Gasteiger partial charge is 0.423 e. The van der Waals surface area contributed by atoms with Crippen LogP contribution in [0.15, 0.2) is 48.5 Å². The van der Waals surface area contributed by atoms with E-state index in [1.807, 2.05) is 30.3 Å². The lowest BCUT2D eigenvalue weighted by molar-refractivity contribution is -0.128. The average Bonchev–Trinajstić information content (AvgIpc) is 2.52. The molecular formula is C23H27ClO2. The van der Waals surface area contributed by atoms with Crippen molar-refractivity contribution in [1.82, 2.24) is 0 Å². The molecule has 0 amide bonds. The second kappa shape index (κ2) is 7.67. The van der Waals surface area contributed by atoms with Gasteiger partial charge in [0.05, 0.1) is 0 Å². The summed E-state index contributed by atoms with van der Waals surface area (Å²) in [6.45, 7) is 12.9. The number of halogens is 1. The molecule has 0 unspecified atom stereocenters. The van der Waals surface area contributed by atoms with Crippen LogP contribution in [0, 0.1) is 0 Å². The highest BCUT2D eigenvalue weighted by Crippen LogP contribution is 2.35. The van der Waals surface area contributed by atoms with Crippen LogP contribution in [0.2, 0.25) is 5.02 Å². The van der Waals surface area contributed by atoms with Crippen molar-refractivity contribution in [3.63, 3.8) is 0 Å². The van der Waals surface area contributed by atoms with E-state index in [4.69, 9.17) is 16.3 Å². The van der Waals surface area contributed by atoms with Crippen molar-refractivity contribution in [2.75, 3.05) is 0 Å². The third-order valence-corrected chi connectivity index (χ3v) is 4.51. The number of rotatable bonds is 3. The quantitative estimate of drug-likeness (QED) is 0.347. The Morgan fingerprint density at radius 1 is 0.962 bits per heavy atom. The van der Waals surface area contributed by atoms with Gasteiger partial charge in [0.25, 0.3) is 0 Å². The van der Waals surface area contributed by atoms with E-state index >= 15 is 0 Å². The summed E-state index contributed by atoms with van der Waals surface area (Å²) in [6.07, 6.45) is 3.08. The van der Waals surface area contributed by atoms with E-state index in [2.05, 4.69) is 47.6 Å². The maximum atomic E-state index is 12.3. The number of hydrogen-bond acceptors (Lipinski definition) is 2. The minimum Gasteiger partial charge on any atom is -0.423 e. The highest BCUT2D eigenvalue weighted by Gasteiger charge is 2.23. The van der Waals surface area contributed by atoms with Crippen LogP contribution in [0.1, 0.15) is 58.2 Å². The Balaban J connectivity index is 2.28. The fourth-order valence-corrected chi connectivity index (χ4v) is 2.78. The van der Waals surface area contributed by atoms with E-state index in [1.165, 1.54) is 11.6 Å². The van der Waals surface area contributed by atoms with Gasteiger partial charge in [-0.3, -0.25) is 0 Å². The van der Waals surface area contributed by atoms with Gasteiger partial charge in [-0.2, -0.15) is 0 Å². The third-order valence-electron chi connectivity index (χ3n) is 4.17. The summed E-state index contributed by atoms with van der Waals surface area (Å²) in [6, 6.07) is 13.4. The zero-order valence-corrected chi connectivity index (χ0v) is 17.1. The summed E-state index contributed by atoms with van der Waals surface area (Å²) in [4.78, 5) is 12.3. The van der Waals surface area contributed by atoms with Crippen molar-refractivity contribution >= 4 is 23.6 Å². The zero-order valence-electron chi connectivity index (χ0n) is 16.4. The van der Waals surface area contributed by atoms with E-state index in [0.717, 1.165) is 11.1 Å². The van der Waals surface area contributed by atoms with Crippen LogP contribution < -0.4 is 4.74 Å². The Kier molecular flexibility index (Phi) is 5.98. The number of carbonyl (C=O) groups excluding carboxylic acids is 1. The number of benzene rings is 2. The summed E-state index contributed by atoms with van der Waals surface area (Å²) >= 11 is 6.11. The van der Waals surface area contributed by atoms with Crippen molar-refractivity contribution in [3.8, 4) is 5.75 Å². The molecule has 0 bridgehead atoms. The van der Waals surface area contributed by atoms with Crippen molar-refractivity contribution in [2.24, 2.45) is 0 Å². The Bertz CT molecular complexity index is 821. The van der Waals surface area contributed by atoms with E-state index in [-0.39, 0.29) is 10.8 Å². The Hall–Kier alpha value is -2.06. The molecule has 3 heteroatoms. The van der Waals surface area contributed by atoms with Gasteiger partial charge in [-0.1, -0.05) is 83.5 Å². The van der Waals surface area contributed by atoms with Crippen molar-refractivity contribution < 1.29 is 9.53 Å². The monoisotopic (exact) mass is 370 g/mol. The first-order valence-corrected chi connectivity index (χ1v) is 9.16. The molecule has 0 aromatic heterocycles. The number of hydrogen-bond donors (Lipinski definition) is 0. The summed E-state index contributed by atoms with van der Waals surface area (Å²) in [5.74, 6) is 0.179. The van der Waals surface area contributed by atoms with Crippen molar-refractivity contribution in [1.29, 1.82) is 0 Å². The highest BCUT2D eigenvalue weighted by atomic mass is 35.5. The molecule has 0 radical (unpaired) electrons. The fourth-order valence-electron chi connectivity index (χ4n) is 2.58. The molecule has 0 aliphatic heterocycles. The smallest absolute Gasteiger partial charge is 0.336 e. The molecule has 2 nitrogen and oxygen atoms in total. The summed E-state index contributed by atoms with van der Waals surface area (Å²) in [5, 5.41) is 0.599. The molecule has 0 spiro atoms. The van der Waals surface area contributed by atoms with Crippen LogP contribution in [0.3, 0.4) is 0 Å². The number of carbonyl (C=O) groups is 1. The predicted octanol–water partition coefficient (Wildman–Crippen LogP) is 6.55. The van der Waals surface area contributed by atoms with E-state index in [0.29, 0.717) is 10.8 Å². The lowest BCUT2D eigenvalue weighted by atomic mass is 9.80. The molecule has 0 aliphatic carbocycles. The van der Waals surface area contributed by atoms with Gasteiger partial charge in [-0.15, -0.1) is 0 Å². The Morgan fingerprint density at radius 3 is 2.19 bits per heavy atom. The van der Waals surface area contributed by atoms with Crippen LogP contribution in [-0.4, -0.2) is 5.97 Å². The third kappa shape index (κ3) is 5.22. The minimum absolute atomic E-state index is 0.0342. The molecule has 0 aliphatic rings. The summed E-state index contributed by atoms with van der Waals surface area (Å²) < 4.78 is 5.63. The van der Waals surface area contributed by atoms with Crippen LogP contribution in [0.5, 0.6) is 5.75 Å². The van der Waals surface area contributed by atoms with Gasteiger partial charge in [0.2, 0.25) is 0 Å². The Morgan fingerprint density at radius 2 is 1.62 bits per heavy atom. The van der Waals surface area contributed by atoms with Crippen LogP contribution in [0.4, 0.5) is 0 Å². The number of ether oxygens (including phenoxy) is 1. The van der Waals surface area contributed by atoms with Crippen LogP contribution in [-0.2, 0) is 15.6 Å². The van der Waals surface area contributed by atoms with Crippen molar-refractivity contribution in [2.45, 2.75) is 52.4 Å². The second-order valence-corrected chi connectivity index (χ2v) is 8.89. The van der Waals surface area contributed by atoms with Crippen molar-refractivity contribution in [3.05, 3.63) is 70.3 Å². The van der Waals surface area contributed by atoms with Gasteiger partial charge in [-0.25, -0.2) is 4.79 Å². The van der Waals surface area contributed by atoms with Gasteiger partial charge in [-0.05, 0) is 40.2 Å². The van der Waals surface area contributed by atoms with Gasteiger partial charge in [0, 0.05) is 16.7 Å². The van der Waals surface area contributed by atoms with Gasteiger partial charge < -0.3 is 4.74 Å². The van der Waals surface area contributed by atoms with E-state index < -0.39 is 5.97 Å². The maximum absolute atomic E-state index is 12.3. The molecule has 0 N–H and O–H groups in total. The molecule has 138 valence electrons. The number of esters is 1. The fraction of sp³-hybridized carbons (Fsp3) is 0.348. The molecule has 0 fully saturated rings. The molecule has 2 aromatic carbocycles. The standard InChI is InChI=1S/C23H27ClO2/c1-22(2,3)17-12-13-20(18(15-17)23(4,5)6)26-21(25)14-11-16-9-7-8-10-19(16)24/h7-15H,1-6H3. The molecular weight excluding hydrogens is 344 g/mol. The van der Waals surface area contributed by atoms with E-state index in [1.54, 1.807) is 12.1 Å². The molecule has 0 saturated carbocycles. The predicted molar refractivity (Wildman–Crippen MR) is 110 cm³/mol. The molecule has 2 aromatic rings. The van der Waals surface area contributed by atoms with Gasteiger partial charge >= 0.3 is 5.97 Å². The molecule has 26 heavy (non-hydrogen) atoms. The van der Waals surface area contributed by atoms with Gasteiger partial charge in [0.1, 0.15) is 5.75 Å². The lowest BCUT2D eigenvalue weighted by Crippen LogP contribution is -2.18.